The lowest BCUT2D eigenvalue weighted by atomic mass is 10.1. The monoisotopic (exact) mass is 229 g/mol. The van der Waals surface area contributed by atoms with Crippen LogP contribution >= 0.6 is 0 Å². The average molecular weight is 229 g/mol. The highest BCUT2D eigenvalue weighted by atomic mass is 19.4. The largest absolute Gasteiger partial charge is 0.416 e. The molecule has 0 aromatic heterocycles. The third kappa shape index (κ3) is 4.06. The molecule has 0 fully saturated rings. The molecule has 0 saturated carbocycles. The third-order valence-corrected chi connectivity index (χ3v) is 2.11. The van der Waals surface area contributed by atoms with E-state index in [4.69, 9.17) is 0 Å². The molecule has 0 aliphatic heterocycles. The molecular formula is C12H14F3N. The first-order valence-corrected chi connectivity index (χ1v) is 5.02. The van der Waals surface area contributed by atoms with Crippen LogP contribution in [0.3, 0.4) is 0 Å². The van der Waals surface area contributed by atoms with Crippen molar-refractivity contribution in [2.45, 2.75) is 12.6 Å². The van der Waals surface area contributed by atoms with Crippen LogP contribution in [-0.2, 0) is 6.18 Å². The van der Waals surface area contributed by atoms with Crippen LogP contribution in [0.4, 0.5) is 13.2 Å². The fourth-order valence-corrected chi connectivity index (χ4v) is 1.23. The highest BCUT2D eigenvalue weighted by Crippen LogP contribution is 2.29. The number of halogens is 3. The minimum atomic E-state index is -4.26. The normalized spacial score (nSPS) is 12.2. The zero-order valence-electron chi connectivity index (χ0n) is 9.01. The summed E-state index contributed by atoms with van der Waals surface area (Å²) in [5.74, 6) is 0. The molecule has 0 unspecified atom stereocenters. The molecule has 1 N–H and O–H groups in total. The quantitative estimate of drug-likeness (QED) is 0.781. The minimum Gasteiger partial charge on any atom is -0.319 e. The molecule has 88 valence electrons. The molecule has 0 saturated heterocycles. The summed E-state index contributed by atoms with van der Waals surface area (Å²) in [7, 11) is 1.85. The van der Waals surface area contributed by atoms with E-state index >= 15 is 0 Å². The van der Waals surface area contributed by atoms with Gasteiger partial charge >= 0.3 is 6.18 Å². The highest BCUT2D eigenvalue weighted by Gasteiger charge is 2.29. The first-order valence-electron chi connectivity index (χ1n) is 5.02. The van der Waals surface area contributed by atoms with Crippen molar-refractivity contribution in [2.75, 3.05) is 13.6 Å². The number of hydrogen-bond acceptors (Lipinski definition) is 1. The van der Waals surface area contributed by atoms with E-state index < -0.39 is 11.7 Å². The van der Waals surface area contributed by atoms with Gasteiger partial charge in [0.05, 0.1) is 5.56 Å². The molecule has 4 heteroatoms. The van der Waals surface area contributed by atoms with E-state index in [1.165, 1.54) is 12.1 Å². The van der Waals surface area contributed by atoms with Crippen LogP contribution < -0.4 is 5.32 Å². The van der Waals surface area contributed by atoms with E-state index in [2.05, 4.69) is 5.32 Å². The lowest BCUT2D eigenvalue weighted by Gasteiger charge is -2.05. The predicted octanol–water partition coefficient (Wildman–Crippen LogP) is 3.33. The molecular weight excluding hydrogens is 215 g/mol. The second-order valence-corrected chi connectivity index (χ2v) is 3.41. The zero-order valence-corrected chi connectivity index (χ0v) is 9.01. The fourth-order valence-electron chi connectivity index (χ4n) is 1.23. The second kappa shape index (κ2) is 5.70. The van der Waals surface area contributed by atoms with Gasteiger partial charge in [0.2, 0.25) is 0 Å². The van der Waals surface area contributed by atoms with Gasteiger partial charge < -0.3 is 5.32 Å². The van der Waals surface area contributed by atoms with Gasteiger partial charge in [-0.3, -0.25) is 0 Å². The number of alkyl halides is 3. The summed E-state index contributed by atoms with van der Waals surface area (Å²) in [4.78, 5) is 0. The Morgan fingerprint density at radius 1 is 1.19 bits per heavy atom. The molecule has 0 radical (unpaired) electrons. The second-order valence-electron chi connectivity index (χ2n) is 3.41. The van der Waals surface area contributed by atoms with Crippen molar-refractivity contribution in [3.05, 3.63) is 41.5 Å². The molecule has 0 bridgehead atoms. The van der Waals surface area contributed by atoms with Gasteiger partial charge in [-0.05, 0) is 37.7 Å². The van der Waals surface area contributed by atoms with Gasteiger partial charge in [0.1, 0.15) is 0 Å². The topological polar surface area (TPSA) is 12.0 Å². The molecule has 0 amide bonds. The van der Waals surface area contributed by atoms with Gasteiger partial charge in [0.25, 0.3) is 0 Å². The SMILES string of the molecule is CNCCC=Cc1ccc(C(F)(F)F)cc1. The van der Waals surface area contributed by atoms with Gasteiger partial charge in [0, 0.05) is 0 Å². The Bertz CT molecular complexity index is 338. The van der Waals surface area contributed by atoms with E-state index in [9.17, 15) is 13.2 Å². The summed E-state index contributed by atoms with van der Waals surface area (Å²) < 4.78 is 36.7. The van der Waals surface area contributed by atoms with Gasteiger partial charge in [-0.2, -0.15) is 13.2 Å². The maximum absolute atomic E-state index is 12.2. The Morgan fingerprint density at radius 3 is 2.31 bits per heavy atom. The van der Waals surface area contributed by atoms with Gasteiger partial charge in [-0.25, -0.2) is 0 Å². The zero-order chi connectivity index (χ0) is 12.0. The van der Waals surface area contributed by atoms with E-state index in [0.717, 1.165) is 30.7 Å². The average Bonchev–Trinajstić information content (AvgIpc) is 2.24. The number of hydrogen-bond donors (Lipinski definition) is 1. The molecule has 16 heavy (non-hydrogen) atoms. The first-order chi connectivity index (χ1) is 7.54. The first kappa shape index (κ1) is 12.8. The third-order valence-electron chi connectivity index (χ3n) is 2.11. The summed E-state index contributed by atoms with van der Waals surface area (Å²) in [5, 5.41) is 2.98. The lowest BCUT2D eigenvalue weighted by Crippen LogP contribution is -2.05. The molecule has 0 spiro atoms. The Hall–Kier alpha value is -1.29. The molecule has 1 aromatic carbocycles. The summed E-state index contributed by atoms with van der Waals surface area (Å²) in [6, 6.07) is 5.13. The van der Waals surface area contributed by atoms with E-state index in [0.29, 0.717) is 0 Å². The standard InChI is InChI=1S/C12H14F3N/c1-16-9-3-2-4-10-5-7-11(8-6-10)12(13,14)15/h2,4-8,16H,3,9H2,1H3. The maximum Gasteiger partial charge on any atom is 0.416 e. The Kier molecular flexibility index (Phi) is 4.55. The van der Waals surface area contributed by atoms with E-state index in [1.807, 2.05) is 19.2 Å². The van der Waals surface area contributed by atoms with Gasteiger partial charge in [-0.1, -0.05) is 24.3 Å². The minimum absolute atomic E-state index is 0.611. The lowest BCUT2D eigenvalue weighted by molar-refractivity contribution is -0.137. The number of benzene rings is 1. The van der Waals surface area contributed by atoms with Crippen LogP contribution in [-0.4, -0.2) is 13.6 Å². The van der Waals surface area contributed by atoms with Crippen LogP contribution in [0.15, 0.2) is 30.3 Å². The molecule has 1 nitrogen and oxygen atoms in total. The van der Waals surface area contributed by atoms with Crippen LogP contribution in [0, 0.1) is 0 Å². The Labute approximate surface area is 93.0 Å². The smallest absolute Gasteiger partial charge is 0.319 e. The van der Waals surface area contributed by atoms with Crippen LogP contribution in [0.25, 0.3) is 6.08 Å². The Balaban J connectivity index is 2.61. The van der Waals surface area contributed by atoms with Crippen molar-refractivity contribution in [3.63, 3.8) is 0 Å². The van der Waals surface area contributed by atoms with Crippen molar-refractivity contribution >= 4 is 6.08 Å². The predicted molar refractivity (Wildman–Crippen MR) is 59.0 cm³/mol. The van der Waals surface area contributed by atoms with Crippen LogP contribution in [0.5, 0.6) is 0 Å². The fraction of sp³-hybridized carbons (Fsp3) is 0.333. The summed E-state index contributed by atoms with van der Waals surface area (Å²) in [5.41, 5.74) is 0.170. The van der Waals surface area contributed by atoms with Crippen molar-refractivity contribution < 1.29 is 13.2 Å². The molecule has 0 heterocycles. The summed E-state index contributed by atoms with van der Waals surface area (Å²) in [6.07, 6.45) is 0.350. The van der Waals surface area contributed by atoms with Crippen molar-refractivity contribution in [1.82, 2.24) is 5.32 Å². The molecule has 1 rings (SSSR count). The number of rotatable bonds is 4. The van der Waals surface area contributed by atoms with E-state index in [-0.39, 0.29) is 0 Å². The van der Waals surface area contributed by atoms with Gasteiger partial charge in [0.15, 0.2) is 0 Å². The van der Waals surface area contributed by atoms with Crippen LogP contribution in [0.1, 0.15) is 17.5 Å². The van der Waals surface area contributed by atoms with Crippen molar-refractivity contribution in [3.8, 4) is 0 Å². The van der Waals surface area contributed by atoms with Crippen molar-refractivity contribution in [2.24, 2.45) is 0 Å². The summed E-state index contributed by atoms with van der Waals surface area (Å²) >= 11 is 0. The number of nitrogens with one attached hydrogen (secondary N) is 1. The molecule has 0 aliphatic carbocycles. The maximum atomic E-state index is 12.2. The van der Waals surface area contributed by atoms with Crippen LogP contribution in [0.2, 0.25) is 0 Å². The highest BCUT2D eigenvalue weighted by molar-refractivity contribution is 5.49. The van der Waals surface area contributed by atoms with Crippen molar-refractivity contribution in [1.29, 1.82) is 0 Å². The van der Waals surface area contributed by atoms with Gasteiger partial charge in [-0.15, -0.1) is 0 Å². The van der Waals surface area contributed by atoms with E-state index in [1.54, 1.807) is 0 Å². The summed E-state index contributed by atoms with van der Waals surface area (Å²) in [6.45, 7) is 0.858. The molecule has 1 aromatic rings. The Morgan fingerprint density at radius 2 is 1.81 bits per heavy atom. The molecule has 0 atom stereocenters. The molecule has 0 aliphatic rings.